The monoisotopic (exact) mass is 434 g/mol. The van der Waals surface area contributed by atoms with Gasteiger partial charge in [-0.1, -0.05) is 23.9 Å². The van der Waals surface area contributed by atoms with E-state index < -0.39 is 10.0 Å². The van der Waals surface area contributed by atoms with E-state index in [2.05, 4.69) is 15.2 Å². The fraction of sp³-hybridized carbons (Fsp3) is 0.263. The Morgan fingerprint density at radius 3 is 2.59 bits per heavy atom. The number of hydrogen-bond acceptors (Lipinski definition) is 7. The van der Waals surface area contributed by atoms with Crippen molar-refractivity contribution in [1.29, 1.82) is 0 Å². The number of methoxy groups -OCH3 is 2. The van der Waals surface area contributed by atoms with Crippen LogP contribution in [0.5, 0.6) is 11.5 Å². The zero-order valence-electron chi connectivity index (χ0n) is 16.5. The van der Waals surface area contributed by atoms with Crippen molar-refractivity contribution in [3.8, 4) is 22.9 Å². The Balaban J connectivity index is 1.75. The van der Waals surface area contributed by atoms with Crippen molar-refractivity contribution in [2.24, 2.45) is 0 Å². The van der Waals surface area contributed by atoms with Crippen LogP contribution in [0, 0.1) is 0 Å². The molecule has 3 rings (SSSR count). The molecule has 0 atom stereocenters. The Labute approximate surface area is 174 Å². The number of hydrogen-bond donors (Lipinski definition) is 1. The highest BCUT2D eigenvalue weighted by Gasteiger charge is 2.17. The first-order valence-electron chi connectivity index (χ1n) is 8.64. The van der Waals surface area contributed by atoms with E-state index >= 15 is 0 Å². The van der Waals surface area contributed by atoms with Crippen LogP contribution in [0.15, 0.2) is 52.5 Å². The van der Waals surface area contributed by atoms with Crippen molar-refractivity contribution >= 4 is 21.8 Å². The van der Waals surface area contributed by atoms with E-state index in [9.17, 15) is 8.42 Å². The normalized spacial score (nSPS) is 11.6. The molecule has 0 unspecified atom stereocenters. The van der Waals surface area contributed by atoms with E-state index in [1.165, 1.54) is 30.2 Å². The van der Waals surface area contributed by atoms with Crippen LogP contribution in [0.2, 0.25) is 0 Å². The second-order valence-corrected chi connectivity index (χ2v) is 9.35. The Hall–Kier alpha value is -2.56. The minimum absolute atomic E-state index is 0.263. The molecule has 0 radical (unpaired) electrons. The molecule has 8 nitrogen and oxygen atoms in total. The molecule has 0 aliphatic carbocycles. The van der Waals surface area contributed by atoms with Crippen molar-refractivity contribution < 1.29 is 17.9 Å². The average molecular weight is 435 g/mol. The van der Waals surface area contributed by atoms with Gasteiger partial charge < -0.3 is 9.47 Å². The van der Waals surface area contributed by atoms with E-state index in [1.54, 1.807) is 38.5 Å². The van der Waals surface area contributed by atoms with Crippen LogP contribution in [0.25, 0.3) is 11.4 Å². The van der Waals surface area contributed by atoms with Gasteiger partial charge in [0.05, 0.1) is 24.7 Å². The summed E-state index contributed by atoms with van der Waals surface area (Å²) in [7, 11) is 2.74. The summed E-state index contributed by atoms with van der Waals surface area (Å²) in [6.07, 6.45) is 0. The van der Waals surface area contributed by atoms with Crippen LogP contribution in [-0.4, -0.2) is 56.2 Å². The van der Waals surface area contributed by atoms with Crippen molar-refractivity contribution in [3.05, 3.63) is 48.0 Å². The Morgan fingerprint density at radius 1 is 1.10 bits per heavy atom. The number of rotatable bonds is 8. The smallest absolute Gasteiger partial charge is 0.242 e. The lowest BCUT2D eigenvalue weighted by atomic mass is 10.2. The van der Waals surface area contributed by atoms with Crippen LogP contribution in [0.4, 0.5) is 0 Å². The predicted octanol–water partition coefficient (Wildman–Crippen LogP) is 3.03. The lowest BCUT2D eigenvalue weighted by Crippen LogP contribution is -2.22. The number of H-pyrrole nitrogens is 1. The number of thioether (sulfide) groups is 1. The number of benzene rings is 2. The third-order valence-corrected chi connectivity index (χ3v) is 6.90. The minimum atomic E-state index is -3.47. The van der Waals surface area contributed by atoms with Gasteiger partial charge in [0.1, 0.15) is 11.5 Å². The van der Waals surface area contributed by atoms with Gasteiger partial charge in [-0.3, -0.25) is 5.10 Å². The highest BCUT2D eigenvalue weighted by Crippen LogP contribution is 2.32. The fourth-order valence-electron chi connectivity index (χ4n) is 2.58. The van der Waals surface area contributed by atoms with Crippen molar-refractivity contribution in [2.75, 3.05) is 28.3 Å². The number of aromatic nitrogens is 3. The van der Waals surface area contributed by atoms with Gasteiger partial charge >= 0.3 is 0 Å². The van der Waals surface area contributed by atoms with Gasteiger partial charge in [-0.05, 0) is 29.8 Å². The average Bonchev–Trinajstić information content (AvgIpc) is 3.20. The molecule has 1 heterocycles. The first-order valence-corrected chi connectivity index (χ1v) is 11.1. The van der Waals surface area contributed by atoms with E-state index in [0.29, 0.717) is 28.2 Å². The maximum absolute atomic E-state index is 12.3. The first kappa shape index (κ1) is 21.2. The molecule has 0 aliphatic heterocycles. The molecule has 10 heteroatoms. The molecule has 1 aromatic heterocycles. The molecular formula is C19H22N4O4S2. The van der Waals surface area contributed by atoms with Crippen molar-refractivity contribution in [1.82, 2.24) is 19.5 Å². The number of ether oxygens (including phenoxy) is 2. The van der Waals surface area contributed by atoms with Crippen LogP contribution < -0.4 is 9.47 Å². The Kier molecular flexibility index (Phi) is 6.46. The Bertz CT molecular complexity index is 1100. The van der Waals surface area contributed by atoms with Crippen LogP contribution >= 0.6 is 11.8 Å². The van der Waals surface area contributed by atoms with Crippen molar-refractivity contribution in [3.63, 3.8) is 0 Å². The predicted molar refractivity (Wildman–Crippen MR) is 112 cm³/mol. The third kappa shape index (κ3) is 4.72. The summed E-state index contributed by atoms with van der Waals surface area (Å²) >= 11 is 1.41. The summed E-state index contributed by atoms with van der Waals surface area (Å²) < 4.78 is 36.4. The molecular weight excluding hydrogens is 412 g/mol. The highest BCUT2D eigenvalue weighted by molar-refractivity contribution is 7.98. The van der Waals surface area contributed by atoms with Crippen LogP contribution in [0.3, 0.4) is 0 Å². The van der Waals surface area contributed by atoms with Gasteiger partial charge in [-0.2, -0.15) is 0 Å². The summed E-state index contributed by atoms with van der Waals surface area (Å²) in [5.74, 6) is 2.43. The van der Waals surface area contributed by atoms with Crippen LogP contribution in [-0.2, 0) is 15.8 Å². The lowest BCUT2D eigenvalue weighted by Gasteiger charge is -2.12. The SMILES string of the molecule is COc1ccc(-c2nc(SCc3cccc(S(=O)(=O)N(C)C)c3)n[nH]2)c(OC)c1. The zero-order valence-corrected chi connectivity index (χ0v) is 18.2. The largest absolute Gasteiger partial charge is 0.497 e. The van der Waals surface area contributed by atoms with Gasteiger partial charge in [-0.25, -0.2) is 17.7 Å². The fourth-order valence-corrected chi connectivity index (χ4v) is 4.29. The number of nitrogens with one attached hydrogen (secondary N) is 1. The van der Waals surface area contributed by atoms with E-state index in [-0.39, 0.29) is 4.90 Å². The molecule has 3 aromatic rings. The minimum Gasteiger partial charge on any atom is -0.497 e. The van der Waals surface area contributed by atoms with Gasteiger partial charge in [0, 0.05) is 25.9 Å². The Morgan fingerprint density at radius 2 is 1.90 bits per heavy atom. The molecule has 0 amide bonds. The lowest BCUT2D eigenvalue weighted by molar-refractivity contribution is 0.395. The molecule has 0 spiro atoms. The molecule has 0 aliphatic rings. The number of sulfonamides is 1. The van der Waals surface area contributed by atoms with E-state index in [4.69, 9.17) is 9.47 Å². The van der Waals surface area contributed by atoms with Crippen molar-refractivity contribution in [2.45, 2.75) is 15.8 Å². The molecule has 1 N–H and O–H groups in total. The quantitative estimate of drug-likeness (QED) is 0.544. The molecule has 0 bridgehead atoms. The van der Waals surface area contributed by atoms with Gasteiger partial charge in [0.25, 0.3) is 0 Å². The summed E-state index contributed by atoms with van der Waals surface area (Å²) in [6.45, 7) is 0. The maximum Gasteiger partial charge on any atom is 0.242 e. The van der Waals surface area contributed by atoms with E-state index in [1.807, 2.05) is 18.2 Å². The summed E-state index contributed by atoms with van der Waals surface area (Å²) in [4.78, 5) is 4.77. The number of nitrogens with zero attached hydrogens (tertiary/aromatic N) is 3. The molecule has 154 valence electrons. The number of aromatic amines is 1. The summed E-state index contributed by atoms with van der Waals surface area (Å²) in [6, 6.07) is 12.3. The first-order chi connectivity index (χ1) is 13.8. The zero-order chi connectivity index (χ0) is 21.0. The topological polar surface area (TPSA) is 97.4 Å². The summed E-state index contributed by atoms with van der Waals surface area (Å²) in [5, 5.41) is 7.71. The van der Waals surface area contributed by atoms with Crippen LogP contribution in [0.1, 0.15) is 5.56 Å². The second-order valence-electron chi connectivity index (χ2n) is 6.26. The maximum atomic E-state index is 12.3. The van der Waals surface area contributed by atoms with Gasteiger partial charge in [0.2, 0.25) is 15.2 Å². The third-order valence-electron chi connectivity index (χ3n) is 4.17. The molecule has 0 saturated heterocycles. The highest BCUT2D eigenvalue weighted by atomic mass is 32.2. The van der Waals surface area contributed by atoms with Gasteiger partial charge in [-0.15, -0.1) is 5.10 Å². The second kappa shape index (κ2) is 8.85. The molecule has 0 fully saturated rings. The standard InChI is InChI=1S/C19H22N4O4S2/c1-23(2)29(24,25)15-7-5-6-13(10-15)12-28-19-20-18(21-22-19)16-9-8-14(26-3)11-17(16)27-4/h5-11H,12H2,1-4H3,(H,20,21,22). The molecule has 0 saturated carbocycles. The molecule has 29 heavy (non-hydrogen) atoms. The van der Waals surface area contributed by atoms with E-state index in [0.717, 1.165) is 11.1 Å². The van der Waals surface area contributed by atoms with Gasteiger partial charge in [0.15, 0.2) is 5.82 Å². The molecule has 2 aromatic carbocycles. The summed E-state index contributed by atoms with van der Waals surface area (Å²) in [5.41, 5.74) is 1.64.